The van der Waals surface area contributed by atoms with E-state index in [-0.39, 0.29) is 6.61 Å². The van der Waals surface area contributed by atoms with E-state index in [1.54, 1.807) is 6.92 Å². The quantitative estimate of drug-likeness (QED) is 0.556. The van der Waals surface area contributed by atoms with Gasteiger partial charge in [-0.2, -0.15) is 16.1 Å². The van der Waals surface area contributed by atoms with Crippen LogP contribution < -0.4 is 0 Å². The minimum absolute atomic E-state index is 0.245. The third-order valence-electron chi connectivity index (χ3n) is 2.13. The van der Waals surface area contributed by atoms with Crippen LogP contribution in [0.1, 0.15) is 6.92 Å². The van der Waals surface area contributed by atoms with Crippen LogP contribution in [0.5, 0.6) is 0 Å². The van der Waals surface area contributed by atoms with Gasteiger partial charge in [0, 0.05) is 18.1 Å². The van der Waals surface area contributed by atoms with Gasteiger partial charge in [0.15, 0.2) is 0 Å². The van der Waals surface area contributed by atoms with Crippen molar-refractivity contribution in [1.82, 2.24) is 4.31 Å². The maximum Gasteiger partial charge on any atom is 0.325 e. The average Bonchev–Trinajstić information content (AvgIpc) is 2.29. The molecule has 1 aliphatic rings. The van der Waals surface area contributed by atoms with Crippen molar-refractivity contribution in [3.63, 3.8) is 0 Å². The highest BCUT2D eigenvalue weighted by atomic mass is 35.5. The first-order chi connectivity index (χ1) is 7.53. The lowest BCUT2D eigenvalue weighted by atomic mass is 10.3. The molecular weight excluding hydrogens is 274 g/mol. The molecule has 1 rings (SSSR count). The topological polar surface area (TPSA) is 63.7 Å². The minimum atomic E-state index is -3.55. The zero-order valence-electron chi connectivity index (χ0n) is 8.89. The molecule has 0 bridgehead atoms. The number of carbonyl (C=O) groups excluding carboxylic acids is 1. The smallest absolute Gasteiger partial charge is 0.325 e. The second kappa shape index (κ2) is 6.09. The summed E-state index contributed by atoms with van der Waals surface area (Å²) in [6, 6.07) is -0.734. The number of hydrogen-bond acceptors (Lipinski definition) is 5. The van der Waals surface area contributed by atoms with Crippen molar-refractivity contribution in [2.24, 2.45) is 0 Å². The van der Waals surface area contributed by atoms with Crippen LogP contribution in [0.15, 0.2) is 0 Å². The Balaban J connectivity index is 2.83. The number of hydrogen-bond donors (Lipinski definition) is 0. The van der Waals surface area contributed by atoms with Gasteiger partial charge in [0.05, 0.1) is 6.61 Å². The van der Waals surface area contributed by atoms with Crippen LogP contribution in [0.3, 0.4) is 0 Å². The fourth-order valence-electron chi connectivity index (χ4n) is 1.41. The summed E-state index contributed by atoms with van der Waals surface area (Å²) in [5, 5.41) is -0.506. The lowest BCUT2D eigenvalue weighted by Gasteiger charge is -2.31. The molecule has 0 N–H and O–H groups in total. The second-order valence-corrected chi connectivity index (χ2v) is 6.83. The van der Waals surface area contributed by atoms with Crippen molar-refractivity contribution >= 4 is 39.4 Å². The Kier molecular flexibility index (Phi) is 5.36. The number of carbonyl (C=O) groups is 1. The fraction of sp³-hybridized carbons (Fsp3) is 0.875. The minimum Gasteiger partial charge on any atom is -0.465 e. The first-order valence-electron chi connectivity index (χ1n) is 4.82. The van der Waals surface area contributed by atoms with Gasteiger partial charge < -0.3 is 4.74 Å². The number of ether oxygens (including phenoxy) is 1. The third kappa shape index (κ3) is 3.26. The van der Waals surface area contributed by atoms with Gasteiger partial charge in [-0.3, -0.25) is 4.79 Å². The summed E-state index contributed by atoms with van der Waals surface area (Å²) in [5.74, 6) is 0.601. The number of alkyl halides is 1. The SMILES string of the molecule is CCOC(=O)C1CSCCN1S(=O)(=O)CCl. The lowest BCUT2D eigenvalue weighted by molar-refractivity contribution is -0.146. The summed E-state index contributed by atoms with van der Waals surface area (Å²) in [4.78, 5) is 11.6. The number of halogens is 1. The van der Waals surface area contributed by atoms with Crippen molar-refractivity contribution in [1.29, 1.82) is 0 Å². The number of rotatable bonds is 4. The molecule has 0 aromatic heterocycles. The van der Waals surface area contributed by atoms with E-state index in [4.69, 9.17) is 16.3 Å². The molecule has 5 nitrogen and oxygen atoms in total. The van der Waals surface area contributed by atoms with Crippen LogP contribution in [0.2, 0.25) is 0 Å². The summed E-state index contributed by atoms with van der Waals surface area (Å²) in [6.07, 6.45) is 0. The molecule has 8 heteroatoms. The van der Waals surface area contributed by atoms with Gasteiger partial charge in [0.1, 0.15) is 11.3 Å². The van der Waals surface area contributed by atoms with E-state index in [0.717, 1.165) is 4.31 Å². The van der Waals surface area contributed by atoms with Crippen LogP contribution in [-0.2, 0) is 19.6 Å². The summed E-state index contributed by atoms with van der Waals surface area (Å²) in [6.45, 7) is 2.24. The number of nitrogens with zero attached hydrogens (tertiary/aromatic N) is 1. The van der Waals surface area contributed by atoms with E-state index < -0.39 is 27.2 Å². The number of thioether (sulfide) groups is 1. The highest BCUT2D eigenvalue weighted by Gasteiger charge is 2.37. The zero-order valence-corrected chi connectivity index (χ0v) is 11.3. The largest absolute Gasteiger partial charge is 0.465 e. The van der Waals surface area contributed by atoms with E-state index in [1.807, 2.05) is 0 Å². The Hall–Kier alpha value is 0.0200. The predicted molar refractivity (Wildman–Crippen MR) is 64.1 cm³/mol. The molecule has 0 spiro atoms. The van der Waals surface area contributed by atoms with E-state index >= 15 is 0 Å². The lowest BCUT2D eigenvalue weighted by Crippen LogP contribution is -2.51. The highest BCUT2D eigenvalue weighted by molar-refractivity contribution is 7.99. The van der Waals surface area contributed by atoms with Gasteiger partial charge in [-0.05, 0) is 6.92 Å². The van der Waals surface area contributed by atoms with E-state index in [9.17, 15) is 13.2 Å². The van der Waals surface area contributed by atoms with E-state index in [1.165, 1.54) is 11.8 Å². The molecule has 0 aromatic rings. The maximum atomic E-state index is 11.7. The molecule has 0 radical (unpaired) electrons. The monoisotopic (exact) mass is 287 g/mol. The molecule has 1 aliphatic heterocycles. The van der Waals surface area contributed by atoms with Crippen LogP contribution in [0.4, 0.5) is 0 Å². The van der Waals surface area contributed by atoms with Crippen molar-refractivity contribution in [3.05, 3.63) is 0 Å². The predicted octanol–water partition coefficient (Wildman–Crippen LogP) is 0.493. The normalized spacial score (nSPS) is 23.0. The first-order valence-corrected chi connectivity index (χ1v) is 8.12. The second-order valence-electron chi connectivity index (χ2n) is 3.17. The Morgan fingerprint density at radius 3 is 2.88 bits per heavy atom. The average molecular weight is 288 g/mol. The van der Waals surface area contributed by atoms with Gasteiger partial charge in [0.25, 0.3) is 0 Å². The Bertz CT molecular complexity index is 346. The number of sulfonamides is 1. The molecule has 1 saturated heterocycles. The molecule has 1 unspecified atom stereocenters. The fourth-order valence-corrected chi connectivity index (χ4v) is 4.07. The van der Waals surface area contributed by atoms with Crippen molar-refractivity contribution in [2.45, 2.75) is 13.0 Å². The van der Waals surface area contributed by atoms with Crippen molar-refractivity contribution in [2.75, 3.05) is 29.9 Å². The Labute approximate surface area is 105 Å². The van der Waals surface area contributed by atoms with Crippen molar-refractivity contribution in [3.8, 4) is 0 Å². The zero-order chi connectivity index (χ0) is 12.2. The van der Waals surface area contributed by atoms with Crippen LogP contribution in [0.25, 0.3) is 0 Å². The van der Waals surface area contributed by atoms with Crippen LogP contribution in [0, 0.1) is 0 Å². The summed E-state index contributed by atoms with van der Waals surface area (Å²) in [7, 11) is -3.55. The van der Waals surface area contributed by atoms with Crippen LogP contribution in [-0.4, -0.2) is 54.6 Å². The Morgan fingerprint density at radius 1 is 1.62 bits per heavy atom. The van der Waals surface area contributed by atoms with Gasteiger partial charge in [0.2, 0.25) is 10.0 Å². The van der Waals surface area contributed by atoms with Gasteiger partial charge in [-0.15, -0.1) is 11.6 Å². The van der Waals surface area contributed by atoms with E-state index in [2.05, 4.69) is 0 Å². The molecule has 16 heavy (non-hydrogen) atoms. The molecule has 1 fully saturated rings. The van der Waals surface area contributed by atoms with Gasteiger partial charge >= 0.3 is 5.97 Å². The summed E-state index contributed by atoms with van der Waals surface area (Å²) < 4.78 is 29.3. The molecule has 1 atom stereocenters. The first kappa shape index (κ1) is 14.1. The molecule has 1 heterocycles. The van der Waals surface area contributed by atoms with Crippen LogP contribution >= 0.6 is 23.4 Å². The molecule has 0 aliphatic carbocycles. The standard InChI is InChI=1S/C8H14ClNO4S2/c1-2-14-8(11)7-5-15-4-3-10(7)16(12,13)6-9/h7H,2-6H2,1H3. The number of esters is 1. The molecule has 0 amide bonds. The Morgan fingerprint density at radius 2 is 2.31 bits per heavy atom. The molecule has 0 aromatic carbocycles. The maximum absolute atomic E-state index is 11.7. The molecule has 0 saturated carbocycles. The van der Waals surface area contributed by atoms with E-state index in [0.29, 0.717) is 18.1 Å². The highest BCUT2D eigenvalue weighted by Crippen LogP contribution is 2.21. The molecular formula is C8H14ClNO4S2. The molecule has 94 valence electrons. The summed E-state index contributed by atoms with van der Waals surface area (Å²) >= 11 is 6.92. The summed E-state index contributed by atoms with van der Waals surface area (Å²) in [5.41, 5.74) is 0. The van der Waals surface area contributed by atoms with Crippen molar-refractivity contribution < 1.29 is 17.9 Å². The van der Waals surface area contributed by atoms with Gasteiger partial charge in [-0.25, -0.2) is 8.42 Å². The third-order valence-corrected chi connectivity index (χ3v) is 5.41. The van der Waals surface area contributed by atoms with Gasteiger partial charge in [-0.1, -0.05) is 0 Å².